The van der Waals surface area contributed by atoms with Gasteiger partial charge in [-0.3, -0.25) is 0 Å². The molecule has 0 bridgehead atoms. The summed E-state index contributed by atoms with van der Waals surface area (Å²) in [5.41, 5.74) is 0. The Balaban J connectivity index is 0. The van der Waals surface area contributed by atoms with E-state index >= 15 is 0 Å². The molecule has 0 heterocycles. The molecule has 0 aromatic heterocycles. The van der Waals surface area contributed by atoms with Gasteiger partial charge in [0.15, 0.2) is 0 Å². The van der Waals surface area contributed by atoms with Gasteiger partial charge in [0.1, 0.15) is 0 Å². The maximum atomic E-state index is 8.57. The van der Waals surface area contributed by atoms with Crippen molar-refractivity contribution in [3.05, 3.63) is 13.2 Å². The van der Waals surface area contributed by atoms with Gasteiger partial charge in [-0.1, -0.05) is 26.7 Å². The zero-order valence-corrected chi connectivity index (χ0v) is 7.97. The van der Waals surface area contributed by atoms with Crippen LogP contribution in [0.25, 0.3) is 0 Å². The first-order valence-corrected chi connectivity index (χ1v) is 4.54. The van der Waals surface area contributed by atoms with Crippen LogP contribution < -0.4 is 0 Å². The van der Waals surface area contributed by atoms with Crippen molar-refractivity contribution >= 4 is 0 Å². The lowest BCUT2D eigenvalue weighted by Gasteiger charge is -1.98. The monoisotopic (exact) mass is 158 g/mol. The predicted octanol–water partition coefficient (Wildman–Crippen LogP) is 3.00. The fourth-order valence-corrected chi connectivity index (χ4v) is 1.19. The molecule has 1 heteroatoms. The zero-order chi connectivity index (χ0) is 9.11. The van der Waals surface area contributed by atoms with Crippen molar-refractivity contribution in [3.63, 3.8) is 0 Å². The van der Waals surface area contributed by atoms with Crippen LogP contribution in [-0.2, 0) is 0 Å². The zero-order valence-electron chi connectivity index (χ0n) is 7.97. The first-order valence-electron chi connectivity index (χ1n) is 4.54. The molecule has 11 heavy (non-hydrogen) atoms. The molecule has 1 nitrogen and oxygen atoms in total. The Morgan fingerprint density at radius 3 is 1.73 bits per heavy atom. The van der Waals surface area contributed by atoms with Crippen molar-refractivity contribution in [1.29, 1.82) is 0 Å². The summed E-state index contributed by atoms with van der Waals surface area (Å²) in [7, 11) is 0. The van der Waals surface area contributed by atoms with Gasteiger partial charge < -0.3 is 5.11 Å². The third kappa shape index (κ3) is 7.60. The Kier molecular flexibility index (Phi) is 15.0. The highest BCUT2D eigenvalue weighted by molar-refractivity contribution is 4.64. The molecule has 0 aromatic rings. The lowest BCUT2D eigenvalue weighted by Crippen LogP contribution is -1.97. The normalized spacial score (nSPS) is 15.9. The lowest BCUT2D eigenvalue weighted by molar-refractivity contribution is 0.230. The second kappa shape index (κ2) is 12.4. The van der Waals surface area contributed by atoms with Crippen LogP contribution in [0.2, 0.25) is 0 Å². The Morgan fingerprint density at radius 2 is 1.55 bits per heavy atom. The highest BCUT2D eigenvalue weighted by Crippen LogP contribution is 2.23. The van der Waals surface area contributed by atoms with Crippen molar-refractivity contribution in [2.24, 2.45) is 5.92 Å². The van der Waals surface area contributed by atoms with Crippen molar-refractivity contribution in [2.75, 3.05) is 6.61 Å². The molecule has 0 saturated heterocycles. The van der Waals surface area contributed by atoms with E-state index < -0.39 is 0 Å². The van der Waals surface area contributed by atoms with Crippen LogP contribution in [0.15, 0.2) is 13.2 Å². The van der Waals surface area contributed by atoms with E-state index in [4.69, 9.17) is 5.11 Å². The molecule has 0 unspecified atom stereocenters. The molecule has 1 N–H and O–H groups in total. The van der Waals surface area contributed by atoms with E-state index in [9.17, 15) is 0 Å². The van der Waals surface area contributed by atoms with Crippen molar-refractivity contribution < 1.29 is 5.11 Å². The largest absolute Gasteiger partial charge is 0.396 e. The van der Waals surface area contributed by atoms with E-state index in [0.717, 1.165) is 0 Å². The molecule has 0 aliphatic heterocycles. The van der Waals surface area contributed by atoms with Crippen LogP contribution in [0.4, 0.5) is 0 Å². The molecule has 0 radical (unpaired) electrons. The van der Waals surface area contributed by atoms with Gasteiger partial charge in [0.05, 0.1) is 0 Å². The average Bonchev–Trinajstić information content (AvgIpc) is 2.63. The fraction of sp³-hybridized carbons (Fsp3) is 0.800. The number of hydrogen-bond donors (Lipinski definition) is 1. The second-order valence-corrected chi connectivity index (χ2v) is 2.33. The molecule has 1 saturated carbocycles. The van der Waals surface area contributed by atoms with Crippen molar-refractivity contribution in [3.8, 4) is 0 Å². The third-order valence-corrected chi connectivity index (χ3v) is 1.73. The second-order valence-electron chi connectivity index (χ2n) is 2.33. The number of aliphatic hydroxyl groups is 1. The standard InChI is InChI=1S/C6H12O.C2H6.C2H4/c7-5-6-3-1-2-4-6;2*1-2/h6-7H,1-5H2;1-2H3;1-2H2. The van der Waals surface area contributed by atoms with E-state index in [1.54, 1.807) is 0 Å². The molecule has 0 amide bonds. The average molecular weight is 158 g/mol. The van der Waals surface area contributed by atoms with Crippen molar-refractivity contribution in [2.45, 2.75) is 39.5 Å². The van der Waals surface area contributed by atoms with Gasteiger partial charge in [-0.25, -0.2) is 0 Å². The molecule has 0 aromatic carbocycles. The fourth-order valence-electron chi connectivity index (χ4n) is 1.19. The summed E-state index contributed by atoms with van der Waals surface area (Å²) in [5.74, 6) is 0.653. The van der Waals surface area contributed by atoms with Crippen LogP contribution in [0.5, 0.6) is 0 Å². The van der Waals surface area contributed by atoms with E-state index in [-0.39, 0.29) is 0 Å². The summed E-state index contributed by atoms with van der Waals surface area (Å²) in [6, 6.07) is 0. The minimum Gasteiger partial charge on any atom is -0.396 e. The van der Waals surface area contributed by atoms with Crippen LogP contribution in [-0.4, -0.2) is 11.7 Å². The number of hydrogen-bond acceptors (Lipinski definition) is 1. The number of aliphatic hydroxyl groups excluding tert-OH is 1. The van der Waals surface area contributed by atoms with Gasteiger partial charge in [-0.15, -0.1) is 13.2 Å². The maximum absolute atomic E-state index is 8.57. The van der Waals surface area contributed by atoms with E-state index in [2.05, 4.69) is 13.2 Å². The molecular formula is C10H22O. The van der Waals surface area contributed by atoms with Gasteiger partial charge in [0.2, 0.25) is 0 Å². The topological polar surface area (TPSA) is 20.2 Å². The van der Waals surface area contributed by atoms with E-state index in [1.807, 2.05) is 13.8 Å². The Labute approximate surface area is 71.1 Å². The Morgan fingerprint density at radius 1 is 1.18 bits per heavy atom. The highest BCUT2D eigenvalue weighted by Gasteiger charge is 2.12. The summed E-state index contributed by atoms with van der Waals surface area (Å²) in [6.07, 6.45) is 5.20. The molecule has 1 aliphatic carbocycles. The van der Waals surface area contributed by atoms with E-state index in [0.29, 0.717) is 12.5 Å². The lowest BCUT2D eigenvalue weighted by atomic mass is 10.1. The Bertz CT molecular complexity index is 55.9. The van der Waals surface area contributed by atoms with Crippen LogP contribution in [0.3, 0.4) is 0 Å². The maximum Gasteiger partial charge on any atom is 0.0459 e. The van der Waals surface area contributed by atoms with Gasteiger partial charge in [-0.05, 0) is 18.8 Å². The smallest absolute Gasteiger partial charge is 0.0459 e. The van der Waals surface area contributed by atoms with Crippen LogP contribution in [0, 0.1) is 5.92 Å². The SMILES string of the molecule is C=C.CC.OCC1CCCC1. The van der Waals surface area contributed by atoms with Crippen LogP contribution >= 0.6 is 0 Å². The summed E-state index contributed by atoms with van der Waals surface area (Å²) >= 11 is 0. The van der Waals surface area contributed by atoms with Gasteiger partial charge in [-0.2, -0.15) is 0 Å². The number of rotatable bonds is 1. The first-order chi connectivity index (χ1) is 5.43. The highest BCUT2D eigenvalue weighted by atomic mass is 16.3. The third-order valence-electron chi connectivity index (χ3n) is 1.73. The molecular weight excluding hydrogens is 136 g/mol. The van der Waals surface area contributed by atoms with Crippen LogP contribution in [0.1, 0.15) is 39.5 Å². The predicted molar refractivity (Wildman–Crippen MR) is 51.6 cm³/mol. The molecule has 1 fully saturated rings. The van der Waals surface area contributed by atoms with E-state index in [1.165, 1.54) is 25.7 Å². The molecule has 1 aliphatic rings. The molecule has 0 spiro atoms. The minimum atomic E-state index is 0.417. The van der Waals surface area contributed by atoms with Crippen molar-refractivity contribution in [1.82, 2.24) is 0 Å². The Hall–Kier alpha value is -0.300. The summed E-state index contributed by atoms with van der Waals surface area (Å²) < 4.78 is 0. The summed E-state index contributed by atoms with van der Waals surface area (Å²) in [4.78, 5) is 0. The summed E-state index contributed by atoms with van der Waals surface area (Å²) in [6.45, 7) is 10.4. The first kappa shape index (κ1) is 13.3. The van der Waals surface area contributed by atoms with Gasteiger partial charge >= 0.3 is 0 Å². The minimum absolute atomic E-state index is 0.417. The van der Waals surface area contributed by atoms with Gasteiger partial charge in [0.25, 0.3) is 0 Å². The summed E-state index contributed by atoms with van der Waals surface area (Å²) in [5, 5.41) is 8.57. The quantitative estimate of drug-likeness (QED) is 0.582. The molecule has 1 rings (SSSR count). The molecule has 68 valence electrons. The van der Waals surface area contributed by atoms with Gasteiger partial charge in [0, 0.05) is 6.61 Å². The molecule has 0 atom stereocenters.